The van der Waals surface area contributed by atoms with E-state index in [9.17, 15) is 14.0 Å². The van der Waals surface area contributed by atoms with Crippen molar-refractivity contribution >= 4 is 23.1 Å². The van der Waals surface area contributed by atoms with Gasteiger partial charge in [0.1, 0.15) is 11.5 Å². The van der Waals surface area contributed by atoms with E-state index in [0.717, 1.165) is 43.5 Å². The zero-order valence-corrected chi connectivity index (χ0v) is 19.2. The zero-order valence-electron chi connectivity index (χ0n) is 19.2. The molecule has 0 N–H and O–H groups in total. The van der Waals surface area contributed by atoms with E-state index in [4.69, 9.17) is 0 Å². The molecule has 5 heteroatoms. The summed E-state index contributed by atoms with van der Waals surface area (Å²) in [6.07, 6.45) is 2.93. The molecule has 2 heterocycles. The van der Waals surface area contributed by atoms with E-state index >= 15 is 0 Å². The number of aryl methyl sites for hydroxylation is 1. The topological polar surface area (TPSA) is 40.6 Å². The second-order valence-electron chi connectivity index (χ2n) is 9.13. The number of amides is 2. The lowest BCUT2D eigenvalue weighted by Gasteiger charge is -2.34. The third-order valence-electron chi connectivity index (χ3n) is 6.78. The molecule has 2 aliphatic heterocycles. The minimum Gasteiger partial charge on any atom is -0.366 e. The molecule has 3 aromatic rings. The molecule has 4 nitrogen and oxygen atoms in total. The van der Waals surface area contributed by atoms with Crippen LogP contribution in [0.4, 0.5) is 10.1 Å². The quantitative estimate of drug-likeness (QED) is 0.487. The molecule has 0 radical (unpaired) electrons. The molecule has 0 aliphatic carbocycles. The van der Waals surface area contributed by atoms with Crippen LogP contribution in [0.15, 0.2) is 84.6 Å². The monoisotopic (exact) mass is 454 g/mol. The maximum Gasteiger partial charge on any atom is 0.282 e. The van der Waals surface area contributed by atoms with Gasteiger partial charge in [0.05, 0.1) is 11.3 Å². The van der Waals surface area contributed by atoms with E-state index in [0.29, 0.717) is 22.9 Å². The highest BCUT2D eigenvalue weighted by molar-refractivity contribution is 6.45. The minimum atomic E-state index is -0.407. The van der Waals surface area contributed by atoms with Crippen molar-refractivity contribution in [2.75, 3.05) is 18.0 Å². The normalized spacial score (nSPS) is 17.1. The number of imide groups is 1. The van der Waals surface area contributed by atoms with E-state index in [-0.39, 0.29) is 11.8 Å². The molecule has 5 rings (SSSR count). The van der Waals surface area contributed by atoms with E-state index in [1.165, 1.54) is 34.7 Å². The number of anilines is 1. The number of rotatable bonds is 5. The van der Waals surface area contributed by atoms with Gasteiger partial charge in [0.25, 0.3) is 11.8 Å². The number of halogens is 1. The minimum absolute atomic E-state index is 0.339. The first-order chi connectivity index (χ1) is 16.5. The Morgan fingerprint density at radius 2 is 1.47 bits per heavy atom. The standard InChI is InChI=1S/C29H27FN2O2/c1-20-7-9-23(10-8-20)26-27(29(34)32(28(26)33)25-13-11-24(30)12-14-25)31-17-15-22(16-18-31)19-21-5-3-2-4-6-21/h2-14,22H,15-19H2,1H3. The van der Waals surface area contributed by atoms with Crippen LogP contribution < -0.4 is 4.90 Å². The van der Waals surface area contributed by atoms with Crippen LogP contribution in [0.3, 0.4) is 0 Å². The first-order valence-corrected chi connectivity index (χ1v) is 11.8. The summed E-state index contributed by atoms with van der Waals surface area (Å²) in [5.74, 6) is -0.562. The van der Waals surface area contributed by atoms with Crippen molar-refractivity contribution in [2.45, 2.75) is 26.2 Å². The Labute approximate surface area is 199 Å². The molecule has 0 saturated carbocycles. The highest BCUT2D eigenvalue weighted by atomic mass is 19.1. The second-order valence-corrected chi connectivity index (χ2v) is 9.13. The van der Waals surface area contributed by atoms with Crippen LogP contribution in [-0.2, 0) is 16.0 Å². The fourth-order valence-corrected chi connectivity index (χ4v) is 4.92. The number of carbonyl (C=O) groups is 2. The SMILES string of the molecule is Cc1ccc(C2=C(N3CCC(Cc4ccccc4)CC3)C(=O)N(c3ccc(F)cc3)C2=O)cc1. The fraction of sp³-hybridized carbons (Fsp3) is 0.241. The summed E-state index contributed by atoms with van der Waals surface area (Å²) < 4.78 is 13.5. The summed E-state index contributed by atoms with van der Waals surface area (Å²) in [5, 5.41) is 0. The largest absolute Gasteiger partial charge is 0.366 e. The number of likely N-dealkylation sites (tertiary alicyclic amines) is 1. The third kappa shape index (κ3) is 4.26. The summed E-state index contributed by atoms with van der Waals surface area (Å²) in [6.45, 7) is 3.43. The molecule has 3 aromatic carbocycles. The molecule has 0 aromatic heterocycles. The Kier molecular flexibility index (Phi) is 6.01. The van der Waals surface area contributed by atoms with E-state index < -0.39 is 5.82 Å². The Morgan fingerprint density at radius 3 is 2.12 bits per heavy atom. The van der Waals surface area contributed by atoms with Gasteiger partial charge in [0, 0.05) is 13.1 Å². The Hall–Kier alpha value is -3.73. The first-order valence-electron chi connectivity index (χ1n) is 11.8. The van der Waals surface area contributed by atoms with Gasteiger partial charge in [-0.1, -0.05) is 60.2 Å². The molecule has 0 unspecified atom stereocenters. The summed E-state index contributed by atoms with van der Waals surface area (Å²) in [7, 11) is 0. The molecule has 0 bridgehead atoms. The molecule has 172 valence electrons. The van der Waals surface area contributed by atoms with E-state index in [1.807, 2.05) is 37.3 Å². The lowest BCUT2D eigenvalue weighted by Crippen LogP contribution is -2.39. The smallest absolute Gasteiger partial charge is 0.282 e. The average Bonchev–Trinajstić information content (AvgIpc) is 3.11. The third-order valence-corrected chi connectivity index (χ3v) is 6.78. The number of hydrogen-bond acceptors (Lipinski definition) is 3. The maximum atomic E-state index is 13.6. The summed E-state index contributed by atoms with van der Waals surface area (Å²) in [5.41, 5.74) is 4.41. The predicted octanol–water partition coefficient (Wildman–Crippen LogP) is 5.37. The van der Waals surface area contributed by atoms with Crippen molar-refractivity contribution in [2.24, 2.45) is 5.92 Å². The van der Waals surface area contributed by atoms with E-state index in [2.05, 4.69) is 29.2 Å². The lowest BCUT2D eigenvalue weighted by molar-refractivity contribution is -0.120. The maximum absolute atomic E-state index is 13.6. The van der Waals surface area contributed by atoms with Crippen LogP contribution in [0.1, 0.15) is 29.5 Å². The van der Waals surface area contributed by atoms with Crippen molar-refractivity contribution in [3.05, 3.63) is 107 Å². The van der Waals surface area contributed by atoms with Gasteiger partial charge in [-0.3, -0.25) is 9.59 Å². The highest BCUT2D eigenvalue weighted by Crippen LogP contribution is 2.37. The van der Waals surface area contributed by atoms with Crippen LogP contribution in [-0.4, -0.2) is 29.8 Å². The zero-order chi connectivity index (χ0) is 23.7. The lowest BCUT2D eigenvalue weighted by atomic mass is 9.89. The molecular weight excluding hydrogens is 427 g/mol. The summed E-state index contributed by atoms with van der Waals surface area (Å²) >= 11 is 0. The van der Waals surface area contributed by atoms with Crippen LogP contribution in [0, 0.1) is 18.7 Å². The Bertz CT molecular complexity index is 1230. The molecular formula is C29H27FN2O2. The van der Waals surface area contributed by atoms with Gasteiger partial charge in [-0.25, -0.2) is 9.29 Å². The Balaban J connectivity index is 1.44. The second kappa shape index (κ2) is 9.26. The van der Waals surface area contributed by atoms with Gasteiger partial charge < -0.3 is 4.90 Å². The van der Waals surface area contributed by atoms with Gasteiger partial charge in [-0.2, -0.15) is 0 Å². The van der Waals surface area contributed by atoms with Gasteiger partial charge in [0.15, 0.2) is 0 Å². The van der Waals surface area contributed by atoms with Gasteiger partial charge >= 0.3 is 0 Å². The van der Waals surface area contributed by atoms with Gasteiger partial charge in [0.2, 0.25) is 0 Å². The molecule has 2 aliphatic rings. The number of benzene rings is 3. The molecule has 0 atom stereocenters. The van der Waals surface area contributed by atoms with Gasteiger partial charge in [-0.05, 0) is 67.5 Å². The van der Waals surface area contributed by atoms with Crippen molar-refractivity contribution in [1.29, 1.82) is 0 Å². The Morgan fingerprint density at radius 1 is 0.824 bits per heavy atom. The van der Waals surface area contributed by atoms with Crippen LogP contribution in [0.25, 0.3) is 5.57 Å². The molecule has 1 fully saturated rings. The van der Waals surface area contributed by atoms with Crippen LogP contribution in [0.5, 0.6) is 0 Å². The molecule has 0 spiro atoms. The molecule has 34 heavy (non-hydrogen) atoms. The predicted molar refractivity (Wildman–Crippen MR) is 131 cm³/mol. The number of carbonyl (C=O) groups excluding carboxylic acids is 2. The van der Waals surface area contributed by atoms with Crippen LogP contribution in [0.2, 0.25) is 0 Å². The van der Waals surface area contributed by atoms with Crippen LogP contribution >= 0.6 is 0 Å². The molecule has 2 amide bonds. The number of nitrogens with zero attached hydrogens (tertiary/aromatic N) is 2. The molecule has 1 saturated heterocycles. The van der Waals surface area contributed by atoms with Gasteiger partial charge in [-0.15, -0.1) is 0 Å². The first kappa shape index (κ1) is 22.1. The highest BCUT2D eigenvalue weighted by Gasteiger charge is 2.43. The van der Waals surface area contributed by atoms with E-state index in [1.54, 1.807) is 0 Å². The number of piperidine rings is 1. The van der Waals surface area contributed by atoms with Crippen molar-refractivity contribution in [1.82, 2.24) is 4.90 Å². The van der Waals surface area contributed by atoms with Crippen molar-refractivity contribution < 1.29 is 14.0 Å². The van der Waals surface area contributed by atoms with Crippen molar-refractivity contribution in [3.8, 4) is 0 Å². The van der Waals surface area contributed by atoms with Crippen molar-refractivity contribution in [3.63, 3.8) is 0 Å². The number of hydrogen-bond donors (Lipinski definition) is 0. The summed E-state index contributed by atoms with van der Waals surface area (Å²) in [4.78, 5) is 30.5. The average molecular weight is 455 g/mol. The summed E-state index contributed by atoms with van der Waals surface area (Å²) in [6, 6.07) is 23.7. The fourth-order valence-electron chi connectivity index (χ4n) is 4.92.